The first kappa shape index (κ1) is 15.7. The molecule has 0 spiro atoms. The lowest BCUT2D eigenvalue weighted by Gasteiger charge is -2.20. The molecule has 0 saturated heterocycles. The molecule has 0 radical (unpaired) electrons. The van der Waals surface area contributed by atoms with Crippen molar-refractivity contribution in [3.05, 3.63) is 47.1 Å². The van der Waals surface area contributed by atoms with E-state index in [4.69, 9.17) is 9.68 Å². The van der Waals surface area contributed by atoms with Crippen LogP contribution in [0.4, 0.5) is 0 Å². The number of pyridine rings is 1. The van der Waals surface area contributed by atoms with E-state index in [1.807, 2.05) is 6.07 Å². The van der Waals surface area contributed by atoms with Crippen molar-refractivity contribution in [3.63, 3.8) is 0 Å². The van der Waals surface area contributed by atoms with Gasteiger partial charge in [0.2, 0.25) is 10.0 Å². The molecule has 0 aromatic carbocycles. The van der Waals surface area contributed by atoms with Crippen molar-refractivity contribution in [1.29, 1.82) is 5.26 Å². The Morgan fingerprint density at radius 3 is 2.86 bits per heavy atom. The molecule has 0 aliphatic heterocycles. The summed E-state index contributed by atoms with van der Waals surface area (Å²) in [5.74, 6) is 0.513. The van der Waals surface area contributed by atoms with Crippen molar-refractivity contribution >= 4 is 26.0 Å². The van der Waals surface area contributed by atoms with Crippen molar-refractivity contribution in [2.45, 2.75) is 17.9 Å². The third-order valence-electron chi connectivity index (χ3n) is 2.70. The summed E-state index contributed by atoms with van der Waals surface area (Å²) in [7, 11) is -3.74. The monoisotopic (exact) mass is 369 g/mol. The highest BCUT2D eigenvalue weighted by Crippen LogP contribution is 2.21. The summed E-state index contributed by atoms with van der Waals surface area (Å²) in [6.45, 7) is 0.162. The SMILES string of the molecule is N#CCCN(Cc1ccco1)S(=O)(=O)c1cncc(Br)c1. The van der Waals surface area contributed by atoms with Gasteiger partial charge in [-0.3, -0.25) is 4.98 Å². The van der Waals surface area contributed by atoms with Crippen molar-refractivity contribution in [2.75, 3.05) is 6.54 Å². The molecule has 0 unspecified atom stereocenters. The number of hydrogen-bond acceptors (Lipinski definition) is 5. The normalized spacial score (nSPS) is 11.5. The molecule has 0 bridgehead atoms. The van der Waals surface area contributed by atoms with Crippen LogP contribution in [0.25, 0.3) is 0 Å². The zero-order chi connectivity index (χ0) is 15.3. The number of nitrogens with zero attached hydrogens (tertiary/aromatic N) is 3. The van der Waals surface area contributed by atoms with E-state index in [0.717, 1.165) is 0 Å². The average Bonchev–Trinajstić information content (AvgIpc) is 2.96. The van der Waals surface area contributed by atoms with Crippen molar-refractivity contribution < 1.29 is 12.8 Å². The van der Waals surface area contributed by atoms with E-state index < -0.39 is 10.0 Å². The van der Waals surface area contributed by atoms with Crippen LogP contribution in [0.3, 0.4) is 0 Å². The van der Waals surface area contributed by atoms with Crippen molar-refractivity contribution in [1.82, 2.24) is 9.29 Å². The molecule has 2 aromatic rings. The Labute approximate surface area is 131 Å². The van der Waals surface area contributed by atoms with Crippen LogP contribution in [0, 0.1) is 11.3 Å². The number of nitriles is 1. The molecule has 0 atom stereocenters. The smallest absolute Gasteiger partial charge is 0.245 e. The Bertz CT molecular complexity index is 738. The fourth-order valence-corrected chi connectivity index (χ4v) is 3.63. The van der Waals surface area contributed by atoms with Gasteiger partial charge >= 0.3 is 0 Å². The van der Waals surface area contributed by atoms with Crippen LogP contribution >= 0.6 is 15.9 Å². The molecular weight excluding hydrogens is 358 g/mol. The van der Waals surface area contributed by atoms with Gasteiger partial charge in [-0.2, -0.15) is 9.57 Å². The highest BCUT2D eigenvalue weighted by Gasteiger charge is 2.25. The average molecular weight is 370 g/mol. The predicted octanol–water partition coefficient (Wildman–Crippen LogP) is 2.54. The van der Waals surface area contributed by atoms with Gasteiger partial charge in [0.15, 0.2) is 0 Å². The zero-order valence-electron chi connectivity index (χ0n) is 10.9. The maximum Gasteiger partial charge on any atom is 0.245 e. The first-order valence-electron chi connectivity index (χ1n) is 6.04. The Kier molecular flexibility index (Phi) is 5.12. The maximum atomic E-state index is 12.6. The topological polar surface area (TPSA) is 87.2 Å². The highest BCUT2D eigenvalue weighted by atomic mass is 79.9. The Morgan fingerprint density at radius 1 is 1.43 bits per heavy atom. The summed E-state index contributed by atoms with van der Waals surface area (Å²) in [5, 5.41) is 8.71. The fraction of sp³-hybridized carbons (Fsp3) is 0.231. The largest absolute Gasteiger partial charge is 0.468 e. The summed E-state index contributed by atoms with van der Waals surface area (Å²) in [5.41, 5.74) is 0. The summed E-state index contributed by atoms with van der Waals surface area (Å²) in [6, 6.07) is 6.80. The van der Waals surface area contributed by atoms with Crippen LogP contribution in [0.5, 0.6) is 0 Å². The number of sulfonamides is 1. The quantitative estimate of drug-likeness (QED) is 0.780. The second kappa shape index (κ2) is 6.85. The third-order valence-corrected chi connectivity index (χ3v) is 4.95. The fourth-order valence-electron chi connectivity index (χ4n) is 1.72. The lowest BCUT2D eigenvalue weighted by Crippen LogP contribution is -2.31. The third kappa shape index (κ3) is 3.91. The van der Waals surface area contributed by atoms with E-state index in [9.17, 15) is 8.42 Å². The van der Waals surface area contributed by atoms with Crippen LogP contribution in [0.1, 0.15) is 12.2 Å². The summed E-state index contributed by atoms with van der Waals surface area (Å²) in [4.78, 5) is 3.94. The molecule has 8 heteroatoms. The standard InChI is InChI=1S/C13H12BrN3O3S/c14-11-7-13(9-16-8-11)21(18,19)17(5-2-4-15)10-12-3-1-6-20-12/h1,3,6-9H,2,5,10H2. The minimum Gasteiger partial charge on any atom is -0.468 e. The van der Waals surface area contributed by atoms with Gasteiger partial charge in [0.05, 0.1) is 18.9 Å². The van der Waals surface area contributed by atoms with Gasteiger partial charge in [0.1, 0.15) is 10.7 Å². The van der Waals surface area contributed by atoms with E-state index in [0.29, 0.717) is 10.2 Å². The van der Waals surface area contributed by atoms with Gasteiger partial charge in [-0.05, 0) is 34.1 Å². The minimum absolute atomic E-state index is 0.0707. The number of furan rings is 1. The first-order valence-corrected chi connectivity index (χ1v) is 8.27. The molecule has 21 heavy (non-hydrogen) atoms. The molecule has 0 N–H and O–H groups in total. The number of rotatable bonds is 6. The molecule has 2 heterocycles. The van der Waals surface area contributed by atoms with Crippen LogP contribution in [-0.2, 0) is 16.6 Å². The molecule has 2 aromatic heterocycles. The second-order valence-corrected chi connectivity index (χ2v) is 7.02. The number of aromatic nitrogens is 1. The Balaban J connectivity index is 2.32. The Hall–Kier alpha value is -1.69. The summed E-state index contributed by atoms with van der Waals surface area (Å²) < 4.78 is 32.2. The summed E-state index contributed by atoms with van der Waals surface area (Å²) in [6.07, 6.45) is 4.36. The second-order valence-electron chi connectivity index (χ2n) is 4.16. The molecule has 0 aliphatic rings. The molecule has 0 saturated carbocycles. The van der Waals surface area contributed by atoms with E-state index >= 15 is 0 Å². The van der Waals surface area contributed by atoms with Gasteiger partial charge in [0.25, 0.3) is 0 Å². The number of hydrogen-bond donors (Lipinski definition) is 0. The highest BCUT2D eigenvalue weighted by molar-refractivity contribution is 9.10. The van der Waals surface area contributed by atoms with E-state index in [2.05, 4.69) is 20.9 Å². The van der Waals surface area contributed by atoms with Crippen molar-refractivity contribution in [3.8, 4) is 6.07 Å². The van der Waals surface area contributed by atoms with Crippen molar-refractivity contribution in [2.24, 2.45) is 0 Å². The van der Waals surface area contributed by atoms with Gasteiger partial charge in [-0.25, -0.2) is 8.42 Å². The van der Waals surface area contributed by atoms with Gasteiger partial charge < -0.3 is 4.42 Å². The van der Waals surface area contributed by atoms with Crippen LogP contribution in [-0.4, -0.2) is 24.3 Å². The molecular formula is C13H12BrN3O3S. The van der Waals surface area contributed by atoms with Crippen LogP contribution in [0.15, 0.2) is 50.6 Å². The molecule has 6 nitrogen and oxygen atoms in total. The summed E-state index contributed by atoms with van der Waals surface area (Å²) >= 11 is 3.20. The molecule has 0 aliphatic carbocycles. The van der Waals surface area contributed by atoms with E-state index in [-0.39, 0.29) is 24.4 Å². The van der Waals surface area contributed by atoms with E-state index in [1.165, 1.54) is 29.0 Å². The molecule has 2 rings (SSSR count). The zero-order valence-corrected chi connectivity index (χ0v) is 13.3. The van der Waals surface area contributed by atoms with Gasteiger partial charge in [-0.15, -0.1) is 0 Å². The lowest BCUT2D eigenvalue weighted by atomic mass is 10.4. The van der Waals surface area contributed by atoms with Gasteiger partial charge in [0, 0.05) is 29.8 Å². The van der Waals surface area contributed by atoms with Crippen LogP contribution in [0.2, 0.25) is 0 Å². The van der Waals surface area contributed by atoms with Gasteiger partial charge in [-0.1, -0.05) is 0 Å². The van der Waals surface area contributed by atoms with E-state index in [1.54, 1.807) is 12.1 Å². The minimum atomic E-state index is -3.74. The maximum absolute atomic E-state index is 12.6. The Morgan fingerprint density at radius 2 is 2.24 bits per heavy atom. The first-order chi connectivity index (χ1) is 10.0. The predicted molar refractivity (Wildman–Crippen MR) is 78.5 cm³/mol. The molecule has 0 fully saturated rings. The van der Waals surface area contributed by atoms with Crippen LogP contribution < -0.4 is 0 Å². The number of halogens is 1. The molecule has 0 amide bonds. The lowest BCUT2D eigenvalue weighted by molar-refractivity contribution is 0.368. The molecule has 110 valence electrons.